The molecule has 0 unspecified atom stereocenters. The highest BCUT2D eigenvalue weighted by Crippen LogP contribution is 2.34. The number of halogens is 2. The molecule has 0 aliphatic carbocycles. The van der Waals surface area contributed by atoms with Crippen molar-refractivity contribution in [2.75, 3.05) is 23.3 Å². The Morgan fingerprint density at radius 2 is 1.95 bits per heavy atom. The van der Waals surface area contributed by atoms with E-state index in [1.807, 2.05) is 6.07 Å². The normalized spacial score (nSPS) is 14.2. The van der Waals surface area contributed by atoms with Crippen molar-refractivity contribution in [3.63, 3.8) is 0 Å². The first-order chi connectivity index (χ1) is 18.4. The van der Waals surface area contributed by atoms with E-state index in [0.29, 0.717) is 33.7 Å². The molecule has 0 saturated carbocycles. The number of amides is 1. The summed E-state index contributed by atoms with van der Waals surface area (Å²) in [6.07, 6.45) is 3.90. The van der Waals surface area contributed by atoms with E-state index in [1.165, 1.54) is 17.2 Å². The van der Waals surface area contributed by atoms with Crippen LogP contribution in [0.2, 0.25) is 0 Å². The summed E-state index contributed by atoms with van der Waals surface area (Å²) >= 11 is 0. The lowest BCUT2D eigenvalue weighted by molar-refractivity contribution is -0.116. The van der Waals surface area contributed by atoms with Gasteiger partial charge in [0.05, 0.1) is 34.3 Å². The topological polar surface area (TPSA) is 120 Å². The number of rotatable bonds is 6. The van der Waals surface area contributed by atoms with Crippen molar-refractivity contribution in [2.45, 2.75) is 39.2 Å². The van der Waals surface area contributed by atoms with Gasteiger partial charge in [-0.25, -0.2) is 23.1 Å². The number of hydrogen-bond acceptors (Lipinski definition) is 8. The monoisotopic (exact) mass is 521 g/mol. The highest BCUT2D eigenvalue weighted by atomic mass is 19.3. The quantitative estimate of drug-likeness (QED) is 0.352. The molecule has 0 spiro atoms. The molecular weight excluding hydrogens is 496 g/mol. The molecule has 1 amide bonds. The molecule has 0 atom stereocenters. The Hall–Kier alpha value is -4.42. The molecule has 1 aromatic carbocycles. The van der Waals surface area contributed by atoms with E-state index in [1.54, 1.807) is 37.1 Å². The lowest BCUT2D eigenvalue weighted by Gasteiger charge is -2.28. The van der Waals surface area contributed by atoms with Gasteiger partial charge >= 0.3 is 0 Å². The molecule has 13 heteroatoms. The summed E-state index contributed by atoms with van der Waals surface area (Å²) in [4.78, 5) is 19.9. The number of hydrogen-bond donors (Lipinski definition) is 1. The number of aryl methyl sites for hydroxylation is 2. The maximum atomic E-state index is 14.0. The number of nitrogens with zero attached hydrogens (tertiary/aromatic N) is 8. The summed E-state index contributed by atoms with van der Waals surface area (Å²) in [6.45, 7) is 3.23. The molecule has 1 aliphatic rings. The molecule has 1 aliphatic heterocycles. The minimum Gasteiger partial charge on any atom is -0.370 e. The highest BCUT2D eigenvalue weighted by Gasteiger charge is 2.23. The van der Waals surface area contributed by atoms with Gasteiger partial charge in [0.15, 0.2) is 16.7 Å². The van der Waals surface area contributed by atoms with E-state index in [-0.39, 0.29) is 23.1 Å². The SMILES string of the molecule is Cc1nn(CC(=O)Nc2ccc(N3CCCCC3)c3nonc23)c2nc(-c3cnn(C)c3)cc(C(F)F)c12. The second-order valence-electron chi connectivity index (χ2n) is 9.43. The van der Waals surface area contributed by atoms with E-state index in [0.717, 1.165) is 31.6 Å². The molecule has 5 heterocycles. The number of piperidine rings is 1. The van der Waals surface area contributed by atoms with Crippen LogP contribution >= 0.6 is 0 Å². The van der Waals surface area contributed by atoms with Crippen LogP contribution in [0.4, 0.5) is 20.2 Å². The predicted octanol–water partition coefficient (Wildman–Crippen LogP) is 4.24. The fourth-order valence-electron chi connectivity index (χ4n) is 5.04. The molecule has 4 aromatic heterocycles. The maximum absolute atomic E-state index is 14.0. The van der Waals surface area contributed by atoms with Crippen molar-refractivity contribution in [3.8, 4) is 11.3 Å². The zero-order valence-corrected chi connectivity index (χ0v) is 20.9. The van der Waals surface area contributed by atoms with Crippen LogP contribution in [0.15, 0.2) is 35.2 Å². The number of nitrogens with one attached hydrogen (secondary N) is 1. The van der Waals surface area contributed by atoms with E-state index in [9.17, 15) is 13.6 Å². The van der Waals surface area contributed by atoms with Crippen LogP contribution in [0, 0.1) is 6.92 Å². The summed E-state index contributed by atoms with van der Waals surface area (Å²) in [5, 5.41) is 19.6. The summed E-state index contributed by atoms with van der Waals surface area (Å²) < 4.78 is 36.0. The number of anilines is 2. The zero-order chi connectivity index (χ0) is 26.4. The van der Waals surface area contributed by atoms with Crippen LogP contribution in [-0.2, 0) is 18.4 Å². The van der Waals surface area contributed by atoms with Crippen LogP contribution in [0.3, 0.4) is 0 Å². The van der Waals surface area contributed by atoms with Gasteiger partial charge in [0, 0.05) is 37.5 Å². The Bertz CT molecular complexity index is 1650. The number of aromatic nitrogens is 7. The first kappa shape index (κ1) is 23.9. The van der Waals surface area contributed by atoms with Crippen LogP contribution in [0.25, 0.3) is 33.3 Å². The van der Waals surface area contributed by atoms with E-state index >= 15 is 0 Å². The fourth-order valence-corrected chi connectivity index (χ4v) is 5.04. The second-order valence-corrected chi connectivity index (χ2v) is 9.43. The number of alkyl halides is 2. The van der Waals surface area contributed by atoms with Crippen LogP contribution in [0.5, 0.6) is 0 Å². The molecule has 6 rings (SSSR count). The summed E-state index contributed by atoms with van der Waals surface area (Å²) in [5.74, 6) is -0.420. The molecule has 0 radical (unpaired) electrons. The lowest BCUT2D eigenvalue weighted by Crippen LogP contribution is -2.29. The van der Waals surface area contributed by atoms with Gasteiger partial charge in [-0.1, -0.05) is 0 Å². The zero-order valence-electron chi connectivity index (χ0n) is 20.9. The summed E-state index contributed by atoms with van der Waals surface area (Å²) in [5.41, 5.74) is 3.66. The van der Waals surface area contributed by atoms with E-state index in [2.05, 4.69) is 35.7 Å². The molecule has 1 saturated heterocycles. The number of carbonyl (C=O) groups is 1. The lowest BCUT2D eigenvalue weighted by atomic mass is 10.1. The van der Waals surface area contributed by atoms with Gasteiger partial charge in [-0.2, -0.15) is 10.2 Å². The van der Waals surface area contributed by atoms with Crippen molar-refractivity contribution >= 4 is 39.3 Å². The van der Waals surface area contributed by atoms with Gasteiger partial charge in [-0.15, -0.1) is 0 Å². The summed E-state index contributed by atoms with van der Waals surface area (Å²) in [7, 11) is 1.73. The van der Waals surface area contributed by atoms with Gasteiger partial charge in [0.25, 0.3) is 6.43 Å². The molecule has 5 aromatic rings. The fraction of sp³-hybridized carbons (Fsp3) is 0.360. The molecule has 11 nitrogen and oxygen atoms in total. The Morgan fingerprint density at radius 1 is 1.16 bits per heavy atom. The Kier molecular flexibility index (Phi) is 5.97. The van der Waals surface area contributed by atoms with Crippen molar-refractivity contribution in [1.82, 2.24) is 34.9 Å². The largest absolute Gasteiger partial charge is 0.370 e. The Morgan fingerprint density at radius 3 is 2.68 bits per heavy atom. The number of carbonyl (C=O) groups excluding carboxylic acids is 1. The number of pyridine rings is 1. The van der Waals surface area contributed by atoms with Gasteiger partial charge in [0.1, 0.15) is 6.54 Å². The van der Waals surface area contributed by atoms with Crippen LogP contribution in [0.1, 0.15) is 36.9 Å². The van der Waals surface area contributed by atoms with Crippen LogP contribution < -0.4 is 10.2 Å². The third-order valence-electron chi connectivity index (χ3n) is 6.80. The average Bonchev–Trinajstić information content (AvgIpc) is 3.64. The molecule has 1 fully saturated rings. The minimum atomic E-state index is -2.74. The molecule has 196 valence electrons. The smallest absolute Gasteiger partial charge is 0.264 e. The minimum absolute atomic E-state index is 0.193. The number of fused-ring (bicyclic) bond motifs is 2. The first-order valence-electron chi connectivity index (χ1n) is 12.3. The second kappa shape index (κ2) is 9.47. The third kappa shape index (κ3) is 4.23. The average molecular weight is 522 g/mol. The Labute approximate surface area is 215 Å². The highest BCUT2D eigenvalue weighted by molar-refractivity contribution is 6.03. The Balaban J connectivity index is 1.32. The van der Waals surface area contributed by atoms with Gasteiger partial charge < -0.3 is 10.2 Å². The van der Waals surface area contributed by atoms with Gasteiger partial charge in [0.2, 0.25) is 5.91 Å². The predicted molar refractivity (Wildman–Crippen MR) is 136 cm³/mol. The third-order valence-corrected chi connectivity index (χ3v) is 6.80. The summed E-state index contributed by atoms with van der Waals surface area (Å²) in [6, 6.07) is 5.02. The standard InChI is InChI=1S/C25H25F2N9O2/c1-14-21-16(24(26)27)10-18(15-11-28-34(2)12-15)30-25(21)36(31-14)13-20(37)29-17-6-7-19(23-22(17)32-38-33-23)35-8-4-3-5-9-35/h6-7,10-12,24H,3-5,8-9,13H2,1-2H3,(H,29,37). The van der Waals surface area contributed by atoms with Gasteiger partial charge in [-0.05, 0) is 54.7 Å². The molecule has 38 heavy (non-hydrogen) atoms. The molecule has 1 N–H and O–H groups in total. The van der Waals surface area contributed by atoms with E-state index < -0.39 is 12.3 Å². The maximum Gasteiger partial charge on any atom is 0.264 e. The van der Waals surface area contributed by atoms with Crippen molar-refractivity contribution in [2.24, 2.45) is 7.05 Å². The van der Waals surface area contributed by atoms with Crippen LogP contribution in [-0.4, -0.2) is 53.9 Å². The van der Waals surface area contributed by atoms with Crippen molar-refractivity contribution in [1.29, 1.82) is 0 Å². The van der Waals surface area contributed by atoms with Crippen molar-refractivity contribution in [3.05, 3.63) is 41.9 Å². The first-order valence-corrected chi connectivity index (χ1v) is 12.3. The van der Waals surface area contributed by atoms with Crippen molar-refractivity contribution < 1.29 is 18.2 Å². The van der Waals surface area contributed by atoms with Gasteiger partial charge in [-0.3, -0.25) is 9.48 Å². The number of benzene rings is 1. The molecular formula is C25H25F2N9O2. The van der Waals surface area contributed by atoms with E-state index in [4.69, 9.17) is 4.63 Å². The molecule has 0 bridgehead atoms.